The van der Waals surface area contributed by atoms with Gasteiger partial charge in [0.1, 0.15) is 5.60 Å². The van der Waals surface area contributed by atoms with Gasteiger partial charge in [-0.05, 0) is 20.8 Å². The van der Waals surface area contributed by atoms with Gasteiger partial charge in [-0.1, -0.05) is 11.6 Å². The Bertz CT molecular complexity index is 583. The molecule has 1 aromatic heterocycles. The van der Waals surface area contributed by atoms with Crippen LogP contribution >= 0.6 is 11.6 Å². The van der Waals surface area contributed by atoms with E-state index in [1.165, 1.54) is 0 Å². The lowest BCUT2D eigenvalue weighted by Gasteiger charge is -2.26. The smallest absolute Gasteiger partial charge is 0.410 e. The molecule has 114 valence electrons. The average molecular weight is 311 g/mol. The predicted molar refractivity (Wildman–Crippen MR) is 78.1 cm³/mol. The molecule has 0 aliphatic carbocycles. The summed E-state index contributed by atoms with van der Waals surface area (Å²) in [6, 6.07) is 2.06. The van der Waals surface area contributed by atoms with Crippen molar-refractivity contribution in [1.29, 1.82) is 5.26 Å². The lowest BCUT2D eigenvalue weighted by Crippen LogP contribution is -2.38. The molecule has 0 bridgehead atoms. The van der Waals surface area contributed by atoms with E-state index in [4.69, 9.17) is 21.6 Å². The maximum Gasteiger partial charge on any atom is 0.410 e. The highest BCUT2D eigenvalue weighted by molar-refractivity contribution is 6.31. The number of halogens is 1. The second-order valence-electron chi connectivity index (χ2n) is 5.98. The van der Waals surface area contributed by atoms with Crippen LogP contribution in [0.15, 0.2) is 0 Å². The molecule has 0 atom stereocenters. The highest BCUT2D eigenvalue weighted by atomic mass is 35.5. The molecule has 0 aromatic carbocycles. The molecule has 0 N–H and O–H groups in total. The average Bonchev–Trinajstić information content (AvgIpc) is 2.57. The zero-order valence-corrected chi connectivity index (χ0v) is 13.3. The van der Waals surface area contributed by atoms with Gasteiger partial charge in [-0.25, -0.2) is 4.79 Å². The summed E-state index contributed by atoms with van der Waals surface area (Å²) in [5, 5.41) is 13.7. The van der Waals surface area contributed by atoms with Crippen molar-refractivity contribution < 1.29 is 9.53 Å². The van der Waals surface area contributed by atoms with Gasteiger partial charge in [0.2, 0.25) is 0 Å². The van der Waals surface area contributed by atoms with Crippen molar-refractivity contribution >= 4 is 17.7 Å². The highest BCUT2D eigenvalue weighted by Gasteiger charge is 2.26. The molecule has 0 spiro atoms. The van der Waals surface area contributed by atoms with Crippen LogP contribution < -0.4 is 0 Å². The lowest BCUT2D eigenvalue weighted by atomic mass is 10.2. The van der Waals surface area contributed by atoms with E-state index in [0.29, 0.717) is 36.8 Å². The molecule has 1 amide bonds. The van der Waals surface area contributed by atoms with Crippen LogP contribution in [0.25, 0.3) is 0 Å². The molecule has 1 aliphatic heterocycles. The molecule has 7 heteroatoms. The number of hydrogen-bond acceptors (Lipinski definition) is 4. The van der Waals surface area contributed by atoms with Gasteiger partial charge < -0.3 is 9.64 Å². The first-order chi connectivity index (χ1) is 9.81. The Kier molecular flexibility index (Phi) is 4.43. The van der Waals surface area contributed by atoms with Gasteiger partial charge >= 0.3 is 6.09 Å². The summed E-state index contributed by atoms with van der Waals surface area (Å²) in [7, 11) is 0. The Morgan fingerprint density at radius 1 is 1.43 bits per heavy atom. The molecular formula is C14H19ClN4O2. The lowest BCUT2D eigenvalue weighted by molar-refractivity contribution is 0.0253. The minimum absolute atomic E-state index is 0.203. The molecule has 6 nitrogen and oxygen atoms in total. The number of hydrogen-bond donors (Lipinski definition) is 0. The molecule has 0 unspecified atom stereocenters. The fourth-order valence-electron chi connectivity index (χ4n) is 2.22. The number of nitriles is 1. The Morgan fingerprint density at radius 3 is 2.76 bits per heavy atom. The zero-order valence-electron chi connectivity index (χ0n) is 12.5. The monoisotopic (exact) mass is 310 g/mol. The Hall–Kier alpha value is -1.74. The summed E-state index contributed by atoms with van der Waals surface area (Å²) < 4.78 is 7.17. The van der Waals surface area contributed by atoms with E-state index in [1.54, 1.807) is 9.58 Å². The molecule has 0 fully saturated rings. The molecule has 1 aromatic rings. The largest absolute Gasteiger partial charge is 0.444 e. The van der Waals surface area contributed by atoms with Gasteiger partial charge in [0.25, 0.3) is 0 Å². The molecule has 1 aliphatic rings. The SMILES string of the molecule is CC(C)(C)OC(=O)N1CCc2c(Cl)c(CC#N)nn2CC1. The number of fused-ring (bicyclic) bond motifs is 1. The molecule has 0 radical (unpaired) electrons. The first-order valence-corrected chi connectivity index (χ1v) is 7.28. The molecule has 0 saturated heterocycles. The van der Waals surface area contributed by atoms with E-state index < -0.39 is 5.60 Å². The van der Waals surface area contributed by atoms with Gasteiger partial charge in [0, 0.05) is 19.5 Å². The number of rotatable bonds is 1. The minimum atomic E-state index is -0.505. The van der Waals surface area contributed by atoms with Gasteiger partial charge in [-0.3, -0.25) is 4.68 Å². The first-order valence-electron chi connectivity index (χ1n) is 6.91. The third kappa shape index (κ3) is 3.67. The number of amides is 1. The van der Waals surface area contributed by atoms with Crippen molar-refractivity contribution in [2.45, 2.75) is 45.8 Å². The third-order valence-electron chi connectivity index (χ3n) is 3.16. The van der Waals surface area contributed by atoms with Crippen LogP contribution in [-0.2, 0) is 24.1 Å². The van der Waals surface area contributed by atoms with Crippen LogP contribution in [0.1, 0.15) is 32.2 Å². The van der Waals surface area contributed by atoms with Crippen LogP contribution in [0.4, 0.5) is 4.79 Å². The van der Waals surface area contributed by atoms with Gasteiger partial charge in [-0.2, -0.15) is 10.4 Å². The van der Waals surface area contributed by atoms with E-state index in [1.807, 2.05) is 20.8 Å². The van der Waals surface area contributed by atoms with Crippen molar-refractivity contribution in [2.75, 3.05) is 13.1 Å². The molecule has 2 rings (SSSR count). The summed E-state index contributed by atoms with van der Waals surface area (Å²) in [5.74, 6) is 0. The van der Waals surface area contributed by atoms with Crippen molar-refractivity contribution in [3.05, 3.63) is 16.4 Å². The molecule has 21 heavy (non-hydrogen) atoms. The minimum Gasteiger partial charge on any atom is -0.444 e. The zero-order chi connectivity index (χ0) is 15.6. The maximum atomic E-state index is 12.1. The fourth-order valence-corrected chi connectivity index (χ4v) is 2.52. The van der Waals surface area contributed by atoms with Crippen LogP contribution in [0.3, 0.4) is 0 Å². The quantitative estimate of drug-likeness (QED) is 0.798. The van der Waals surface area contributed by atoms with E-state index in [9.17, 15) is 4.79 Å². The van der Waals surface area contributed by atoms with Crippen LogP contribution in [0, 0.1) is 11.3 Å². The number of carbonyl (C=O) groups is 1. The second kappa shape index (κ2) is 5.94. The van der Waals surface area contributed by atoms with Crippen molar-refractivity contribution in [1.82, 2.24) is 14.7 Å². The fraction of sp³-hybridized carbons (Fsp3) is 0.643. The summed E-state index contributed by atoms with van der Waals surface area (Å²) in [4.78, 5) is 13.8. The Labute approximate surface area is 129 Å². The van der Waals surface area contributed by atoms with Crippen molar-refractivity contribution in [3.63, 3.8) is 0 Å². The number of ether oxygens (including phenoxy) is 1. The number of carbonyl (C=O) groups excluding carboxylic acids is 1. The highest BCUT2D eigenvalue weighted by Crippen LogP contribution is 2.24. The van der Waals surface area contributed by atoms with E-state index >= 15 is 0 Å². The van der Waals surface area contributed by atoms with Gasteiger partial charge in [0.05, 0.1) is 35.4 Å². The third-order valence-corrected chi connectivity index (χ3v) is 3.59. The van der Waals surface area contributed by atoms with Gasteiger partial charge in [0.15, 0.2) is 0 Å². The van der Waals surface area contributed by atoms with E-state index in [-0.39, 0.29) is 12.5 Å². The Morgan fingerprint density at radius 2 is 2.14 bits per heavy atom. The molecule has 0 saturated carbocycles. The summed E-state index contributed by atoms with van der Waals surface area (Å²) in [6.07, 6.45) is 0.493. The molecule has 2 heterocycles. The van der Waals surface area contributed by atoms with Crippen molar-refractivity contribution in [2.24, 2.45) is 0 Å². The standard InChI is InChI=1S/C14H19ClN4O2/c1-14(2,3)21-13(20)18-7-5-11-12(15)10(4-6-16)17-19(11)9-8-18/h4-5,7-9H2,1-3H3. The van der Waals surface area contributed by atoms with E-state index in [2.05, 4.69) is 11.2 Å². The molecular weight excluding hydrogens is 292 g/mol. The number of nitrogens with zero attached hydrogens (tertiary/aromatic N) is 4. The Balaban J connectivity index is 2.08. The second-order valence-corrected chi connectivity index (χ2v) is 6.36. The van der Waals surface area contributed by atoms with Crippen LogP contribution in [-0.4, -0.2) is 39.5 Å². The number of aromatic nitrogens is 2. The normalized spacial score (nSPS) is 15.1. The maximum absolute atomic E-state index is 12.1. The van der Waals surface area contributed by atoms with Crippen LogP contribution in [0.5, 0.6) is 0 Å². The topological polar surface area (TPSA) is 71.2 Å². The summed E-state index contributed by atoms with van der Waals surface area (Å²) in [5.41, 5.74) is 0.988. The first kappa shape index (κ1) is 15.6. The summed E-state index contributed by atoms with van der Waals surface area (Å²) >= 11 is 6.26. The van der Waals surface area contributed by atoms with Gasteiger partial charge in [-0.15, -0.1) is 0 Å². The van der Waals surface area contributed by atoms with Crippen LogP contribution in [0.2, 0.25) is 5.02 Å². The van der Waals surface area contributed by atoms with E-state index in [0.717, 1.165) is 5.69 Å². The van der Waals surface area contributed by atoms with Crippen molar-refractivity contribution in [3.8, 4) is 6.07 Å². The predicted octanol–water partition coefficient (Wildman–Crippen LogP) is 2.40. The summed E-state index contributed by atoms with van der Waals surface area (Å²) in [6.45, 7) is 7.15.